The van der Waals surface area contributed by atoms with Crippen LogP contribution in [0.15, 0.2) is 64.0 Å². The van der Waals surface area contributed by atoms with Crippen LogP contribution in [0.1, 0.15) is 5.56 Å². The SMILES string of the molecule is NS(=O)(=O)c1cccc(NC(=O)COC(=O)/C=C/c2cccc(Br)c2)c1. The number of carbonyl (C=O) groups is 2. The molecule has 0 saturated carbocycles. The molecule has 2 aromatic carbocycles. The summed E-state index contributed by atoms with van der Waals surface area (Å²) in [7, 11) is -3.87. The minimum absolute atomic E-state index is 0.135. The molecular formula is C17H15BrN2O5S. The molecule has 0 bridgehead atoms. The second-order valence-corrected chi connectivity index (χ2v) is 7.59. The van der Waals surface area contributed by atoms with Crippen LogP contribution in [0.5, 0.6) is 0 Å². The summed E-state index contributed by atoms with van der Waals surface area (Å²) in [5, 5.41) is 7.45. The normalized spacial score (nSPS) is 11.3. The molecule has 136 valence electrons. The molecule has 26 heavy (non-hydrogen) atoms. The standard InChI is InChI=1S/C17H15BrN2O5S/c18-13-4-1-3-12(9-13)7-8-17(22)25-11-16(21)20-14-5-2-6-15(10-14)26(19,23)24/h1-10H,11H2,(H,20,21)(H2,19,23,24)/b8-7+. The fourth-order valence-electron chi connectivity index (χ4n) is 1.91. The maximum absolute atomic E-state index is 11.8. The monoisotopic (exact) mass is 438 g/mol. The number of esters is 1. The largest absolute Gasteiger partial charge is 0.452 e. The van der Waals surface area contributed by atoms with Gasteiger partial charge in [-0.25, -0.2) is 18.4 Å². The molecule has 3 N–H and O–H groups in total. The predicted octanol–water partition coefficient (Wildman–Crippen LogP) is 2.29. The molecule has 7 nitrogen and oxygen atoms in total. The van der Waals surface area contributed by atoms with Gasteiger partial charge in [-0.05, 0) is 42.0 Å². The van der Waals surface area contributed by atoms with Crippen LogP contribution >= 0.6 is 15.9 Å². The van der Waals surface area contributed by atoms with Crippen molar-refractivity contribution in [2.24, 2.45) is 5.14 Å². The number of sulfonamides is 1. The third-order valence-electron chi connectivity index (χ3n) is 3.05. The van der Waals surface area contributed by atoms with E-state index in [1.165, 1.54) is 30.3 Å². The highest BCUT2D eigenvalue weighted by molar-refractivity contribution is 9.10. The number of hydrogen-bond acceptors (Lipinski definition) is 5. The number of amides is 1. The van der Waals surface area contributed by atoms with Gasteiger partial charge in [-0.15, -0.1) is 0 Å². The van der Waals surface area contributed by atoms with Gasteiger partial charge in [-0.3, -0.25) is 4.79 Å². The zero-order valence-electron chi connectivity index (χ0n) is 13.4. The molecule has 0 aliphatic carbocycles. The first-order valence-electron chi connectivity index (χ1n) is 7.27. The maximum Gasteiger partial charge on any atom is 0.331 e. The van der Waals surface area contributed by atoms with E-state index in [9.17, 15) is 18.0 Å². The number of benzene rings is 2. The molecule has 0 aromatic heterocycles. The minimum atomic E-state index is -3.87. The van der Waals surface area contributed by atoms with Crippen molar-refractivity contribution in [3.8, 4) is 0 Å². The van der Waals surface area contributed by atoms with Crippen molar-refractivity contribution < 1.29 is 22.7 Å². The number of nitrogens with two attached hydrogens (primary N) is 1. The fraction of sp³-hybridized carbons (Fsp3) is 0.0588. The van der Waals surface area contributed by atoms with Crippen LogP contribution < -0.4 is 10.5 Å². The molecule has 0 fully saturated rings. The summed E-state index contributed by atoms with van der Waals surface area (Å²) >= 11 is 3.32. The van der Waals surface area contributed by atoms with Crippen molar-refractivity contribution in [1.82, 2.24) is 0 Å². The second kappa shape index (κ2) is 8.75. The Hall–Kier alpha value is -2.49. The number of ether oxygens (including phenoxy) is 1. The number of carbonyl (C=O) groups excluding carboxylic acids is 2. The Labute approximate surface area is 159 Å². The molecule has 0 aliphatic rings. The Morgan fingerprint density at radius 3 is 2.58 bits per heavy atom. The third kappa shape index (κ3) is 6.43. The third-order valence-corrected chi connectivity index (χ3v) is 4.46. The van der Waals surface area contributed by atoms with Crippen LogP contribution in [0, 0.1) is 0 Å². The van der Waals surface area contributed by atoms with Crippen LogP contribution in [0.4, 0.5) is 5.69 Å². The van der Waals surface area contributed by atoms with Gasteiger partial charge in [0.2, 0.25) is 10.0 Å². The van der Waals surface area contributed by atoms with Crippen LogP contribution in [0.25, 0.3) is 6.08 Å². The lowest BCUT2D eigenvalue weighted by atomic mass is 10.2. The molecule has 0 radical (unpaired) electrons. The molecule has 2 rings (SSSR count). The number of anilines is 1. The molecular weight excluding hydrogens is 424 g/mol. The molecule has 0 heterocycles. The highest BCUT2D eigenvalue weighted by atomic mass is 79.9. The van der Waals surface area contributed by atoms with Crippen molar-refractivity contribution in [2.45, 2.75) is 4.90 Å². The van der Waals surface area contributed by atoms with Gasteiger partial charge < -0.3 is 10.1 Å². The van der Waals surface area contributed by atoms with Crippen LogP contribution in [-0.4, -0.2) is 26.9 Å². The second-order valence-electron chi connectivity index (χ2n) is 5.12. The smallest absolute Gasteiger partial charge is 0.331 e. The summed E-state index contributed by atoms with van der Waals surface area (Å²) in [6.45, 7) is -0.513. The van der Waals surface area contributed by atoms with E-state index in [1.807, 2.05) is 18.2 Å². The van der Waals surface area contributed by atoms with Gasteiger partial charge in [-0.2, -0.15) is 0 Å². The Morgan fingerprint density at radius 2 is 1.88 bits per heavy atom. The van der Waals surface area contributed by atoms with Crippen molar-refractivity contribution in [2.75, 3.05) is 11.9 Å². The summed E-state index contributed by atoms with van der Waals surface area (Å²) in [5.74, 6) is -1.29. The van der Waals surface area contributed by atoms with Gasteiger partial charge in [-0.1, -0.05) is 34.1 Å². The summed E-state index contributed by atoms with van der Waals surface area (Å²) in [4.78, 5) is 23.3. The lowest BCUT2D eigenvalue weighted by molar-refractivity contribution is -0.142. The molecule has 1 amide bonds. The maximum atomic E-state index is 11.8. The van der Waals surface area contributed by atoms with E-state index in [-0.39, 0.29) is 10.6 Å². The first kappa shape index (κ1) is 19.8. The summed E-state index contributed by atoms with van der Waals surface area (Å²) in [6, 6.07) is 12.7. The topological polar surface area (TPSA) is 116 Å². The van der Waals surface area contributed by atoms with E-state index in [2.05, 4.69) is 21.2 Å². The number of hydrogen-bond donors (Lipinski definition) is 2. The molecule has 0 spiro atoms. The molecule has 0 atom stereocenters. The number of halogens is 1. The van der Waals surface area contributed by atoms with Gasteiger partial charge in [0.25, 0.3) is 5.91 Å². The number of primary sulfonamides is 1. The highest BCUT2D eigenvalue weighted by Gasteiger charge is 2.10. The van der Waals surface area contributed by atoms with Gasteiger partial charge in [0.15, 0.2) is 6.61 Å². The minimum Gasteiger partial charge on any atom is -0.452 e. The lowest BCUT2D eigenvalue weighted by Crippen LogP contribution is -2.20. The molecule has 0 unspecified atom stereocenters. The average molecular weight is 439 g/mol. The van der Waals surface area contributed by atoms with Crippen molar-refractivity contribution in [3.63, 3.8) is 0 Å². The van der Waals surface area contributed by atoms with Crippen LogP contribution in [0.2, 0.25) is 0 Å². The first-order chi connectivity index (χ1) is 12.2. The first-order valence-corrected chi connectivity index (χ1v) is 9.61. The van der Waals surface area contributed by atoms with Gasteiger partial charge in [0.1, 0.15) is 0 Å². The fourth-order valence-corrected chi connectivity index (χ4v) is 2.88. The Morgan fingerprint density at radius 1 is 1.15 bits per heavy atom. The van der Waals surface area contributed by atoms with Crippen molar-refractivity contribution >= 4 is 49.6 Å². The van der Waals surface area contributed by atoms with E-state index in [4.69, 9.17) is 9.88 Å². The van der Waals surface area contributed by atoms with Crippen molar-refractivity contribution in [1.29, 1.82) is 0 Å². The molecule has 0 saturated heterocycles. The van der Waals surface area contributed by atoms with Crippen molar-refractivity contribution in [3.05, 3.63) is 64.6 Å². The highest BCUT2D eigenvalue weighted by Crippen LogP contribution is 2.14. The Balaban J connectivity index is 1.88. The van der Waals surface area contributed by atoms with Gasteiger partial charge >= 0.3 is 5.97 Å². The number of rotatable bonds is 6. The Bertz CT molecular complexity index is 957. The quantitative estimate of drug-likeness (QED) is 0.530. The summed E-state index contributed by atoms with van der Waals surface area (Å²) in [5.41, 5.74) is 1.02. The van der Waals surface area contributed by atoms with E-state index in [1.54, 1.807) is 12.1 Å². The van der Waals surface area contributed by atoms with Crippen LogP contribution in [0.3, 0.4) is 0 Å². The van der Waals surface area contributed by atoms with E-state index in [0.29, 0.717) is 0 Å². The summed E-state index contributed by atoms with van der Waals surface area (Å²) in [6.07, 6.45) is 2.76. The van der Waals surface area contributed by atoms with Crippen LogP contribution in [-0.2, 0) is 24.3 Å². The lowest BCUT2D eigenvalue weighted by Gasteiger charge is -2.06. The summed E-state index contributed by atoms with van der Waals surface area (Å²) < 4.78 is 28.3. The zero-order valence-corrected chi connectivity index (χ0v) is 15.8. The van der Waals surface area contributed by atoms with E-state index < -0.39 is 28.5 Å². The van der Waals surface area contributed by atoms with E-state index >= 15 is 0 Å². The van der Waals surface area contributed by atoms with Gasteiger partial charge in [0.05, 0.1) is 4.90 Å². The molecule has 0 aliphatic heterocycles. The Kier molecular flexibility index (Phi) is 6.67. The average Bonchev–Trinajstić information content (AvgIpc) is 2.58. The van der Waals surface area contributed by atoms with Gasteiger partial charge in [0, 0.05) is 16.2 Å². The zero-order chi connectivity index (χ0) is 19.2. The molecule has 9 heteroatoms. The predicted molar refractivity (Wildman–Crippen MR) is 101 cm³/mol. The molecule has 2 aromatic rings. The van der Waals surface area contributed by atoms with E-state index in [0.717, 1.165) is 10.0 Å². The number of nitrogens with one attached hydrogen (secondary N) is 1.